The van der Waals surface area contributed by atoms with Crippen molar-refractivity contribution in [2.75, 3.05) is 47.0 Å². The van der Waals surface area contributed by atoms with Gasteiger partial charge >= 0.3 is 12.1 Å². The monoisotopic (exact) mass is 453 g/mol. The summed E-state index contributed by atoms with van der Waals surface area (Å²) in [6.45, 7) is 4.40. The lowest BCUT2D eigenvalue weighted by atomic mass is 9.77. The molecule has 3 heterocycles. The number of aromatic nitrogens is 1. The third-order valence-electron chi connectivity index (χ3n) is 5.05. The second-order valence-electron chi connectivity index (χ2n) is 7.48. The molecule has 2 aliphatic rings. The van der Waals surface area contributed by atoms with Gasteiger partial charge in [0, 0.05) is 50.8 Å². The summed E-state index contributed by atoms with van der Waals surface area (Å²) in [6, 6.07) is 0. The number of alkyl halides is 3. The van der Waals surface area contributed by atoms with Crippen LogP contribution in [0.5, 0.6) is 0 Å². The summed E-state index contributed by atoms with van der Waals surface area (Å²) >= 11 is 1.70. The fourth-order valence-electron chi connectivity index (χ4n) is 3.48. The average Bonchev–Trinajstić information content (AvgIpc) is 3.30. The zero-order valence-corrected chi connectivity index (χ0v) is 17.7. The van der Waals surface area contributed by atoms with Gasteiger partial charge in [0.1, 0.15) is 11.6 Å². The lowest BCUT2D eigenvalue weighted by Gasteiger charge is -2.43. The second-order valence-corrected chi connectivity index (χ2v) is 8.46. The van der Waals surface area contributed by atoms with Crippen molar-refractivity contribution in [1.82, 2.24) is 14.8 Å². The van der Waals surface area contributed by atoms with Crippen molar-refractivity contribution in [3.05, 3.63) is 16.6 Å². The number of hydrogen-bond acceptors (Lipinski definition) is 7. The molecule has 2 fully saturated rings. The fraction of sp³-hybridized carbons (Fsp3) is 0.722. The Balaban J connectivity index is 0.000000396. The molecule has 1 N–H and O–H groups in total. The van der Waals surface area contributed by atoms with Crippen LogP contribution in [0.3, 0.4) is 0 Å². The van der Waals surface area contributed by atoms with E-state index in [0.29, 0.717) is 6.61 Å². The number of carboxylic acid groups (broad SMARTS) is 1. The fourth-order valence-corrected chi connectivity index (χ4v) is 4.13. The molecule has 0 unspecified atom stereocenters. The van der Waals surface area contributed by atoms with Gasteiger partial charge in [-0.05, 0) is 12.8 Å². The summed E-state index contributed by atoms with van der Waals surface area (Å²) in [4.78, 5) is 29.0. The molecule has 3 rings (SSSR count). The first-order valence-electron chi connectivity index (χ1n) is 9.34. The highest BCUT2D eigenvalue weighted by atomic mass is 32.1. The number of rotatable bonds is 6. The molecule has 0 aliphatic carbocycles. The van der Waals surface area contributed by atoms with Gasteiger partial charge in [-0.1, -0.05) is 0 Å². The molecular formula is C18H26F3N3O5S. The van der Waals surface area contributed by atoms with Crippen LogP contribution in [0.4, 0.5) is 13.2 Å². The Hall–Kier alpha value is -1.76. The summed E-state index contributed by atoms with van der Waals surface area (Å²) in [6.07, 6.45) is -0.945. The first-order chi connectivity index (χ1) is 14.0. The molecule has 30 heavy (non-hydrogen) atoms. The van der Waals surface area contributed by atoms with Crippen LogP contribution in [-0.2, 0) is 25.6 Å². The lowest BCUT2D eigenvalue weighted by molar-refractivity contribution is -0.192. The topological polar surface area (TPSA) is 92.2 Å². The van der Waals surface area contributed by atoms with E-state index in [1.807, 2.05) is 11.6 Å². The predicted molar refractivity (Wildman–Crippen MR) is 102 cm³/mol. The number of nitrogens with zero attached hydrogens (tertiary/aromatic N) is 3. The van der Waals surface area contributed by atoms with Gasteiger partial charge in [0.2, 0.25) is 5.91 Å². The second kappa shape index (κ2) is 10.5. The molecule has 1 aromatic rings. The van der Waals surface area contributed by atoms with Gasteiger partial charge < -0.3 is 19.5 Å². The number of likely N-dealkylation sites (N-methyl/N-ethyl adjacent to an activating group) is 1. The van der Waals surface area contributed by atoms with E-state index in [1.165, 1.54) is 0 Å². The molecule has 1 aromatic heterocycles. The zero-order chi connectivity index (χ0) is 22.4. The van der Waals surface area contributed by atoms with Crippen LogP contribution in [0.1, 0.15) is 17.8 Å². The maximum Gasteiger partial charge on any atom is 0.490 e. The number of likely N-dealkylation sites (tertiary alicyclic amines) is 1. The van der Waals surface area contributed by atoms with Gasteiger partial charge in [-0.15, -0.1) is 11.3 Å². The van der Waals surface area contributed by atoms with Crippen molar-refractivity contribution in [2.45, 2.75) is 31.7 Å². The van der Waals surface area contributed by atoms with Crippen molar-refractivity contribution < 1.29 is 37.3 Å². The molecule has 2 atom stereocenters. The van der Waals surface area contributed by atoms with E-state index in [4.69, 9.17) is 19.4 Å². The summed E-state index contributed by atoms with van der Waals surface area (Å²) in [5.41, 5.74) is 0.0160. The number of amides is 1. The summed E-state index contributed by atoms with van der Waals surface area (Å²) in [7, 11) is 3.50. The van der Waals surface area contributed by atoms with Gasteiger partial charge in [0.05, 0.1) is 19.3 Å². The number of carbonyl (C=O) groups is 2. The molecule has 0 spiro atoms. The highest BCUT2D eigenvalue weighted by Gasteiger charge is 2.48. The largest absolute Gasteiger partial charge is 0.490 e. The summed E-state index contributed by atoms with van der Waals surface area (Å²) in [5.74, 6) is -2.75. The lowest BCUT2D eigenvalue weighted by Crippen LogP contribution is -2.51. The summed E-state index contributed by atoms with van der Waals surface area (Å²) < 4.78 is 43.4. The van der Waals surface area contributed by atoms with Crippen LogP contribution >= 0.6 is 11.3 Å². The van der Waals surface area contributed by atoms with Crippen molar-refractivity contribution in [2.24, 2.45) is 5.41 Å². The molecule has 0 aromatic carbocycles. The molecule has 0 saturated carbocycles. The number of carbonyl (C=O) groups excluding carboxylic acids is 1. The van der Waals surface area contributed by atoms with E-state index in [9.17, 15) is 18.0 Å². The molecular weight excluding hydrogens is 427 g/mol. The number of ether oxygens (including phenoxy) is 2. The van der Waals surface area contributed by atoms with Crippen LogP contribution in [-0.4, -0.2) is 91.1 Å². The number of halogens is 3. The quantitative estimate of drug-likeness (QED) is 0.703. The molecule has 2 aliphatic heterocycles. The smallest absolute Gasteiger partial charge is 0.475 e. The van der Waals surface area contributed by atoms with E-state index < -0.39 is 12.1 Å². The first-order valence-corrected chi connectivity index (χ1v) is 10.2. The van der Waals surface area contributed by atoms with Gasteiger partial charge in [0.25, 0.3) is 0 Å². The molecule has 170 valence electrons. The van der Waals surface area contributed by atoms with Crippen molar-refractivity contribution in [1.29, 1.82) is 0 Å². The van der Waals surface area contributed by atoms with Gasteiger partial charge in [-0.25, -0.2) is 9.78 Å². The Kier molecular flexibility index (Phi) is 8.59. The zero-order valence-electron chi connectivity index (χ0n) is 16.9. The Morgan fingerprint density at radius 3 is 2.73 bits per heavy atom. The molecule has 0 bridgehead atoms. The number of hydrogen-bond donors (Lipinski definition) is 1. The maximum atomic E-state index is 11.7. The molecule has 1 amide bonds. The van der Waals surface area contributed by atoms with Gasteiger partial charge in [-0.2, -0.15) is 13.2 Å². The van der Waals surface area contributed by atoms with Gasteiger partial charge in [-0.3, -0.25) is 9.69 Å². The van der Waals surface area contributed by atoms with Crippen molar-refractivity contribution in [3.63, 3.8) is 0 Å². The number of thiazole rings is 1. The highest BCUT2D eigenvalue weighted by molar-refractivity contribution is 7.09. The Bertz CT molecular complexity index is 702. The van der Waals surface area contributed by atoms with Crippen molar-refractivity contribution in [3.8, 4) is 0 Å². The first kappa shape index (κ1) is 24.5. The molecule has 12 heteroatoms. The Morgan fingerprint density at radius 2 is 2.17 bits per heavy atom. The minimum atomic E-state index is -5.08. The number of piperidine rings is 1. The normalized spacial score (nSPS) is 24.0. The van der Waals surface area contributed by atoms with E-state index in [0.717, 1.165) is 44.1 Å². The van der Waals surface area contributed by atoms with Gasteiger partial charge in [0.15, 0.2) is 0 Å². The van der Waals surface area contributed by atoms with Crippen LogP contribution < -0.4 is 0 Å². The maximum absolute atomic E-state index is 11.7. The number of fused-ring (bicyclic) bond motifs is 1. The average molecular weight is 453 g/mol. The van der Waals surface area contributed by atoms with Crippen LogP contribution in [0, 0.1) is 5.41 Å². The SMILES string of the molecule is CN(C)C(=O)COC[C@@]12CCO[C@@H]1CCN(Cc1nccs1)C2.O=C(O)C(F)(F)F. The third kappa shape index (κ3) is 6.89. The molecule has 2 saturated heterocycles. The van der Waals surface area contributed by atoms with Crippen LogP contribution in [0.2, 0.25) is 0 Å². The van der Waals surface area contributed by atoms with E-state index in [-0.39, 0.29) is 24.0 Å². The number of carboxylic acids is 1. The van der Waals surface area contributed by atoms with E-state index in [2.05, 4.69) is 9.88 Å². The number of aliphatic carboxylic acids is 1. The highest BCUT2D eigenvalue weighted by Crippen LogP contribution is 2.41. The Morgan fingerprint density at radius 1 is 1.47 bits per heavy atom. The predicted octanol–water partition coefficient (Wildman–Crippen LogP) is 1.86. The summed E-state index contributed by atoms with van der Waals surface area (Å²) in [5, 5.41) is 10.3. The third-order valence-corrected chi connectivity index (χ3v) is 5.81. The van der Waals surface area contributed by atoms with E-state index >= 15 is 0 Å². The van der Waals surface area contributed by atoms with E-state index in [1.54, 1.807) is 30.3 Å². The minimum Gasteiger partial charge on any atom is -0.475 e. The Labute approximate surface area is 176 Å². The standard InChI is InChI=1S/C16H25N3O3S.C2HF3O2/c1-18(2)15(20)10-21-12-16-4-7-22-13(16)3-6-19(11-16)9-14-17-5-8-23-14;3-2(4,5)1(6)7/h5,8,13H,3-4,6-7,9-12H2,1-2H3;(H,6,7)/t13-,16+;/m1./s1. The molecule has 0 radical (unpaired) electrons. The van der Waals surface area contributed by atoms with Crippen molar-refractivity contribution >= 4 is 23.2 Å². The van der Waals surface area contributed by atoms with Crippen LogP contribution in [0.15, 0.2) is 11.6 Å². The van der Waals surface area contributed by atoms with Crippen LogP contribution in [0.25, 0.3) is 0 Å². The molecule has 8 nitrogen and oxygen atoms in total. The minimum absolute atomic E-state index is 0.00677.